The molecule has 2 heterocycles. The summed E-state index contributed by atoms with van der Waals surface area (Å²) < 4.78 is 3.53. The van der Waals surface area contributed by atoms with Gasteiger partial charge >= 0.3 is 0 Å². The van der Waals surface area contributed by atoms with Crippen LogP contribution in [0.4, 0.5) is 11.4 Å². The molecule has 118 valence electrons. The van der Waals surface area contributed by atoms with Gasteiger partial charge in [0.25, 0.3) is 5.56 Å². The molecule has 23 heavy (non-hydrogen) atoms. The van der Waals surface area contributed by atoms with Gasteiger partial charge in [0.15, 0.2) is 0 Å². The molecule has 0 aliphatic heterocycles. The molecule has 1 aliphatic rings. The lowest BCUT2D eigenvalue weighted by Crippen LogP contribution is -2.20. The van der Waals surface area contributed by atoms with E-state index in [-0.39, 0.29) is 10.6 Å². The smallest absolute Gasteiger partial charge is 0.287 e. The number of benzene rings is 1. The molecule has 0 bridgehead atoms. The molecule has 5 nitrogen and oxygen atoms in total. The Morgan fingerprint density at radius 2 is 2.17 bits per heavy atom. The Hall–Kier alpha value is -2.27. The minimum Gasteiger partial charge on any atom is -0.353 e. The van der Waals surface area contributed by atoms with Crippen LogP contribution < -0.4 is 10.9 Å². The van der Waals surface area contributed by atoms with Crippen molar-refractivity contribution >= 4 is 33.9 Å². The molecule has 1 saturated carbocycles. The maximum atomic E-state index is 11.8. The van der Waals surface area contributed by atoms with Gasteiger partial charge < -0.3 is 9.88 Å². The van der Waals surface area contributed by atoms with Crippen LogP contribution in [0.2, 0.25) is 5.02 Å². The van der Waals surface area contributed by atoms with Crippen LogP contribution in [0.5, 0.6) is 0 Å². The van der Waals surface area contributed by atoms with Crippen molar-refractivity contribution in [1.82, 2.24) is 14.3 Å². The second-order valence-electron chi connectivity index (χ2n) is 6.11. The number of hydrogen-bond acceptors (Lipinski definition) is 3. The lowest BCUT2D eigenvalue weighted by molar-refractivity contribution is 0.647. The summed E-state index contributed by atoms with van der Waals surface area (Å²) in [5, 5.41) is 8.49. The molecule has 0 amide bonds. The molecule has 1 aliphatic carbocycles. The largest absolute Gasteiger partial charge is 0.353 e. The predicted molar refractivity (Wildman–Crippen MR) is 92.4 cm³/mol. The van der Waals surface area contributed by atoms with Crippen molar-refractivity contribution < 1.29 is 0 Å². The van der Waals surface area contributed by atoms with Crippen LogP contribution in [-0.2, 0) is 13.6 Å². The molecule has 1 aromatic carbocycles. The van der Waals surface area contributed by atoms with Crippen molar-refractivity contribution in [2.24, 2.45) is 13.0 Å². The maximum Gasteiger partial charge on any atom is 0.287 e. The maximum absolute atomic E-state index is 11.8. The quantitative estimate of drug-likeness (QED) is 0.797. The van der Waals surface area contributed by atoms with Crippen molar-refractivity contribution in [2.75, 3.05) is 5.32 Å². The average molecular weight is 329 g/mol. The number of rotatable bonds is 4. The summed E-state index contributed by atoms with van der Waals surface area (Å²) in [6, 6.07) is 8.28. The topological polar surface area (TPSA) is 51.9 Å². The fourth-order valence-corrected chi connectivity index (χ4v) is 2.99. The Labute approximate surface area is 138 Å². The molecular weight excluding hydrogens is 312 g/mol. The van der Waals surface area contributed by atoms with Gasteiger partial charge in [0.1, 0.15) is 5.02 Å². The van der Waals surface area contributed by atoms with Crippen LogP contribution in [0.1, 0.15) is 12.8 Å². The summed E-state index contributed by atoms with van der Waals surface area (Å²) in [6.45, 7) is 1.10. The van der Waals surface area contributed by atoms with Crippen molar-refractivity contribution in [3.8, 4) is 0 Å². The predicted octanol–water partition coefficient (Wildman–Crippen LogP) is 3.54. The lowest BCUT2D eigenvalue weighted by atomic mass is 10.2. The first-order chi connectivity index (χ1) is 11.1. The zero-order valence-corrected chi connectivity index (χ0v) is 13.5. The number of anilines is 2. The van der Waals surface area contributed by atoms with Gasteiger partial charge in [-0.3, -0.25) is 4.79 Å². The average Bonchev–Trinajstić information content (AvgIpc) is 3.28. The van der Waals surface area contributed by atoms with Gasteiger partial charge in [-0.1, -0.05) is 11.6 Å². The van der Waals surface area contributed by atoms with Gasteiger partial charge in [-0.15, -0.1) is 0 Å². The van der Waals surface area contributed by atoms with E-state index in [1.165, 1.54) is 28.4 Å². The van der Waals surface area contributed by atoms with Crippen LogP contribution in [0.15, 0.2) is 41.5 Å². The van der Waals surface area contributed by atoms with Crippen LogP contribution in [-0.4, -0.2) is 14.3 Å². The van der Waals surface area contributed by atoms with Crippen LogP contribution >= 0.6 is 11.6 Å². The summed E-state index contributed by atoms with van der Waals surface area (Å²) in [5.41, 5.74) is 2.33. The molecule has 2 aromatic heterocycles. The molecule has 1 N–H and O–H groups in total. The van der Waals surface area contributed by atoms with E-state index in [9.17, 15) is 4.79 Å². The van der Waals surface area contributed by atoms with Crippen LogP contribution in [0, 0.1) is 5.92 Å². The molecule has 6 heteroatoms. The number of hydrogen-bond donors (Lipinski definition) is 1. The highest BCUT2D eigenvalue weighted by Gasteiger charge is 2.22. The second kappa shape index (κ2) is 5.42. The third kappa shape index (κ3) is 2.72. The standard InChI is InChI=1S/C17H17ClN4O/c1-21-17(23)16(18)14(9-19-21)20-13-4-5-15-12(8-13)6-7-22(15)10-11-2-3-11/h4-9,11,20H,2-3,10H2,1H3. The molecule has 0 atom stereocenters. The normalized spacial score (nSPS) is 14.3. The molecule has 1 fully saturated rings. The van der Waals surface area contributed by atoms with Gasteiger partial charge in [0, 0.05) is 36.4 Å². The Bertz CT molecular complexity index is 939. The van der Waals surface area contributed by atoms with Crippen molar-refractivity contribution in [3.63, 3.8) is 0 Å². The first kappa shape index (κ1) is 14.3. The molecule has 3 aromatic rings. The van der Waals surface area contributed by atoms with Gasteiger partial charge in [-0.25, -0.2) is 4.68 Å². The number of fused-ring (bicyclic) bond motifs is 1. The highest BCUT2D eigenvalue weighted by atomic mass is 35.5. The first-order valence-corrected chi connectivity index (χ1v) is 8.07. The molecule has 0 saturated heterocycles. The molecule has 0 radical (unpaired) electrons. The Morgan fingerprint density at radius 3 is 2.96 bits per heavy atom. The van der Waals surface area contributed by atoms with Gasteiger partial charge in [0.2, 0.25) is 0 Å². The highest BCUT2D eigenvalue weighted by Crippen LogP contribution is 2.32. The van der Waals surface area contributed by atoms with E-state index in [0.717, 1.165) is 18.2 Å². The van der Waals surface area contributed by atoms with Gasteiger partial charge in [-0.05, 0) is 43.0 Å². The summed E-state index contributed by atoms with van der Waals surface area (Å²) in [6.07, 6.45) is 6.38. The fourth-order valence-electron chi connectivity index (χ4n) is 2.77. The summed E-state index contributed by atoms with van der Waals surface area (Å²) in [7, 11) is 1.58. The number of aryl methyl sites for hydroxylation is 1. The molecule has 0 unspecified atom stereocenters. The number of nitrogens with zero attached hydrogens (tertiary/aromatic N) is 3. The van der Waals surface area contributed by atoms with E-state index < -0.39 is 0 Å². The van der Waals surface area contributed by atoms with E-state index >= 15 is 0 Å². The number of aromatic nitrogens is 3. The van der Waals surface area contributed by atoms with E-state index in [1.54, 1.807) is 13.2 Å². The van der Waals surface area contributed by atoms with Crippen molar-refractivity contribution in [3.05, 3.63) is 52.0 Å². The van der Waals surface area contributed by atoms with E-state index in [4.69, 9.17) is 11.6 Å². The zero-order valence-electron chi connectivity index (χ0n) is 12.8. The van der Waals surface area contributed by atoms with Crippen molar-refractivity contribution in [1.29, 1.82) is 0 Å². The fraction of sp³-hybridized carbons (Fsp3) is 0.294. The van der Waals surface area contributed by atoms with Crippen molar-refractivity contribution in [2.45, 2.75) is 19.4 Å². The number of halogens is 1. The van der Waals surface area contributed by atoms with E-state index in [0.29, 0.717) is 5.69 Å². The monoisotopic (exact) mass is 328 g/mol. The van der Waals surface area contributed by atoms with E-state index in [1.807, 2.05) is 6.07 Å². The first-order valence-electron chi connectivity index (χ1n) is 7.69. The lowest BCUT2D eigenvalue weighted by Gasteiger charge is -2.09. The molecule has 0 spiro atoms. The molecule has 4 rings (SSSR count). The highest BCUT2D eigenvalue weighted by molar-refractivity contribution is 6.33. The number of nitrogens with one attached hydrogen (secondary N) is 1. The minimum absolute atomic E-state index is 0.147. The Kier molecular flexibility index (Phi) is 3.38. The zero-order chi connectivity index (χ0) is 16.0. The molecular formula is C17H17ClN4O. The summed E-state index contributed by atoms with van der Waals surface area (Å²) >= 11 is 6.10. The third-order valence-electron chi connectivity index (χ3n) is 4.28. The van der Waals surface area contributed by atoms with Gasteiger partial charge in [-0.2, -0.15) is 5.10 Å². The minimum atomic E-state index is -0.312. The summed E-state index contributed by atoms with van der Waals surface area (Å²) in [4.78, 5) is 11.8. The summed E-state index contributed by atoms with van der Waals surface area (Å²) in [5.74, 6) is 0.841. The van der Waals surface area contributed by atoms with Crippen LogP contribution in [0.3, 0.4) is 0 Å². The second-order valence-corrected chi connectivity index (χ2v) is 6.49. The van der Waals surface area contributed by atoms with E-state index in [2.05, 4.69) is 39.4 Å². The Morgan fingerprint density at radius 1 is 1.35 bits per heavy atom. The Balaban J connectivity index is 1.64. The van der Waals surface area contributed by atoms with Crippen LogP contribution in [0.25, 0.3) is 10.9 Å². The SMILES string of the molecule is Cn1ncc(Nc2ccc3c(ccn3CC3CC3)c2)c(Cl)c1=O. The van der Waals surface area contributed by atoms with Gasteiger partial charge in [0.05, 0.1) is 11.9 Å². The third-order valence-corrected chi connectivity index (χ3v) is 4.65.